The Morgan fingerprint density at radius 2 is 1.97 bits per heavy atom. The molecule has 2 atom stereocenters. The summed E-state index contributed by atoms with van der Waals surface area (Å²) in [5, 5.41) is 13.0. The highest BCUT2D eigenvalue weighted by molar-refractivity contribution is 6.35. The number of methoxy groups -OCH3 is 1. The van der Waals surface area contributed by atoms with Crippen LogP contribution in [0.4, 0.5) is 11.4 Å². The third-order valence-electron chi connectivity index (χ3n) is 5.97. The SMILES string of the molecule is COc1ncc2c(N3CC(C)NC(C)C3)ccc(C(=O)Nc3cc(Cl)c4nn(C)cc4c3)c2n1. The summed E-state index contributed by atoms with van der Waals surface area (Å²) in [6.07, 6.45) is 3.58. The lowest BCUT2D eigenvalue weighted by atomic mass is 10.0. The normalized spacial score (nSPS) is 18.4. The Hall–Kier alpha value is -3.43. The van der Waals surface area contributed by atoms with E-state index in [0.717, 1.165) is 29.5 Å². The van der Waals surface area contributed by atoms with Crippen LogP contribution in [0.3, 0.4) is 0 Å². The van der Waals surface area contributed by atoms with Gasteiger partial charge in [0.25, 0.3) is 5.91 Å². The number of fused-ring (bicyclic) bond motifs is 2. The van der Waals surface area contributed by atoms with E-state index in [1.165, 1.54) is 7.11 Å². The van der Waals surface area contributed by atoms with Crippen molar-refractivity contribution in [3.63, 3.8) is 0 Å². The van der Waals surface area contributed by atoms with Gasteiger partial charge in [0.2, 0.25) is 0 Å². The van der Waals surface area contributed by atoms with E-state index >= 15 is 0 Å². The molecule has 1 amide bonds. The molecule has 0 bridgehead atoms. The number of anilines is 2. The Bertz CT molecular complexity index is 1390. The van der Waals surface area contributed by atoms with Crippen LogP contribution in [0.1, 0.15) is 24.2 Å². The molecule has 0 spiro atoms. The lowest BCUT2D eigenvalue weighted by Crippen LogP contribution is -2.54. The summed E-state index contributed by atoms with van der Waals surface area (Å²) in [6, 6.07) is 8.21. The molecule has 2 N–H and O–H groups in total. The van der Waals surface area contributed by atoms with E-state index in [-0.39, 0.29) is 11.9 Å². The average Bonchev–Trinajstić information content (AvgIpc) is 3.18. The van der Waals surface area contributed by atoms with Crippen molar-refractivity contribution >= 4 is 50.7 Å². The van der Waals surface area contributed by atoms with E-state index < -0.39 is 0 Å². The number of amides is 1. The number of benzene rings is 2. The number of carbonyl (C=O) groups is 1. The van der Waals surface area contributed by atoms with Crippen LogP contribution in [0, 0.1) is 0 Å². The summed E-state index contributed by atoms with van der Waals surface area (Å²) in [5.41, 5.74) is 3.23. The summed E-state index contributed by atoms with van der Waals surface area (Å²) < 4.78 is 6.95. The van der Waals surface area contributed by atoms with Gasteiger partial charge in [-0.2, -0.15) is 10.1 Å². The van der Waals surface area contributed by atoms with E-state index in [1.807, 2.05) is 25.4 Å². The maximum atomic E-state index is 13.4. The molecule has 176 valence electrons. The van der Waals surface area contributed by atoms with Gasteiger partial charge in [0.05, 0.1) is 23.2 Å². The van der Waals surface area contributed by atoms with Crippen LogP contribution in [0.15, 0.2) is 36.7 Å². The standard InChI is InChI=1S/C24H26ClN7O2/c1-13-10-32(11-14(2)27-13)20-6-5-17(22-18(20)9-26-24(29-22)34-4)23(33)28-16-7-15-12-31(3)30-21(15)19(25)8-16/h5-9,12-14,27H,10-11H2,1-4H3,(H,28,33). The van der Waals surface area contributed by atoms with Crippen molar-refractivity contribution in [1.29, 1.82) is 0 Å². The second-order valence-corrected chi connectivity index (χ2v) is 9.18. The minimum absolute atomic E-state index is 0.209. The maximum absolute atomic E-state index is 13.4. The second-order valence-electron chi connectivity index (χ2n) is 8.78. The summed E-state index contributed by atoms with van der Waals surface area (Å²) in [6.45, 7) is 6.02. The van der Waals surface area contributed by atoms with Gasteiger partial charge >= 0.3 is 6.01 Å². The van der Waals surface area contributed by atoms with Crippen molar-refractivity contribution in [2.45, 2.75) is 25.9 Å². The molecule has 34 heavy (non-hydrogen) atoms. The van der Waals surface area contributed by atoms with Gasteiger partial charge < -0.3 is 20.3 Å². The predicted molar refractivity (Wildman–Crippen MR) is 134 cm³/mol. The first-order valence-electron chi connectivity index (χ1n) is 11.1. The molecule has 0 radical (unpaired) electrons. The van der Waals surface area contributed by atoms with Crippen LogP contribution in [-0.2, 0) is 7.05 Å². The first kappa shape index (κ1) is 22.4. The molecular weight excluding hydrogens is 454 g/mol. The predicted octanol–water partition coefficient (Wildman–Crippen LogP) is 3.62. The number of ether oxygens (including phenoxy) is 1. The molecule has 0 saturated carbocycles. The van der Waals surface area contributed by atoms with Crippen molar-refractivity contribution in [3.05, 3.63) is 47.2 Å². The number of hydrogen-bond donors (Lipinski definition) is 2. The van der Waals surface area contributed by atoms with Gasteiger partial charge in [0.1, 0.15) is 5.52 Å². The topological polar surface area (TPSA) is 97.2 Å². The highest BCUT2D eigenvalue weighted by Gasteiger charge is 2.24. The number of rotatable bonds is 4. The third kappa shape index (κ3) is 4.12. The molecule has 1 aliphatic heterocycles. The van der Waals surface area contributed by atoms with E-state index in [9.17, 15) is 4.79 Å². The highest BCUT2D eigenvalue weighted by Crippen LogP contribution is 2.32. The molecule has 3 heterocycles. The van der Waals surface area contributed by atoms with Crippen molar-refractivity contribution in [2.75, 3.05) is 30.4 Å². The number of nitrogens with zero attached hydrogens (tertiary/aromatic N) is 5. The minimum Gasteiger partial charge on any atom is -0.467 e. The van der Waals surface area contributed by atoms with Gasteiger partial charge in [-0.05, 0) is 38.1 Å². The zero-order chi connectivity index (χ0) is 24.0. The van der Waals surface area contributed by atoms with Crippen LogP contribution < -0.4 is 20.3 Å². The summed E-state index contributed by atoms with van der Waals surface area (Å²) >= 11 is 6.40. The molecule has 2 aromatic heterocycles. The summed E-state index contributed by atoms with van der Waals surface area (Å²) in [4.78, 5) is 24.5. The van der Waals surface area contributed by atoms with Gasteiger partial charge in [0, 0.05) is 66.8 Å². The Morgan fingerprint density at radius 3 is 2.71 bits per heavy atom. The van der Waals surface area contributed by atoms with Crippen LogP contribution in [-0.4, -0.2) is 57.9 Å². The van der Waals surface area contributed by atoms with Gasteiger partial charge in [0.15, 0.2) is 0 Å². The largest absolute Gasteiger partial charge is 0.467 e. The van der Waals surface area contributed by atoms with E-state index in [4.69, 9.17) is 16.3 Å². The molecule has 1 saturated heterocycles. The molecule has 1 fully saturated rings. The van der Waals surface area contributed by atoms with Crippen molar-refractivity contribution in [2.24, 2.45) is 7.05 Å². The van der Waals surface area contributed by atoms with Crippen LogP contribution in [0.2, 0.25) is 5.02 Å². The summed E-state index contributed by atoms with van der Waals surface area (Å²) in [7, 11) is 3.34. The average molecular weight is 480 g/mol. The number of aryl methyl sites for hydroxylation is 1. The molecule has 2 unspecified atom stereocenters. The Labute approximate surface area is 202 Å². The first-order valence-corrected chi connectivity index (χ1v) is 11.5. The van der Waals surface area contributed by atoms with E-state index in [1.54, 1.807) is 23.0 Å². The first-order chi connectivity index (χ1) is 16.3. The quantitative estimate of drug-likeness (QED) is 0.461. The molecule has 5 rings (SSSR count). The van der Waals surface area contributed by atoms with E-state index in [0.29, 0.717) is 39.4 Å². The zero-order valence-corrected chi connectivity index (χ0v) is 20.2. The van der Waals surface area contributed by atoms with Crippen LogP contribution in [0.5, 0.6) is 6.01 Å². The monoisotopic (exact) mass is 479 g/mol. The molecule has 9 nitrogen and oxygen atoms in total. The van der Waals surface area contributed by atoms with Gasteiger partial charge in [-0.25, -0.2) is 4.98 Å². The number of carbonyl (C=O) groups excluding carboxylic acids is 1. The number of piperazine rings is 1. The highest BCUT2D eigenvalue weighted by atomic mass is 35.5. The Kier molecular flexibility index (Phi) is 5.75. The summed E-state index contributed by atoms with van der Waals surface area (Å²) in [5.74, 6) is -0.293. The number of nitrogens with one attached hydrogen (secondary N) is 2. The van der Waals surface area contributed by atoms with Crippen molar-refractivity contribution in [3.8, 4) is 6.01 Å². The molecular formula is C24H26ClN7O2. The van der Waals surface area contributed by atoms with Crippen LogP contribution in [0.25, 0.3) is 21.8 Å². The minimum atomic E-state index is -0.293. The molecule has 1 aliphatic rings. The van der Waals surface area contributed by atoms with E-state index in [2.05, 4.69) is 44.4 Å². The fraction of sp³-hybridized carbons (Fsp3) is 0.333. The van der Waals surface area contributed by atoms with Crippen molar-refractivity contribution < 1.29 is 9.53 Å². The number of halogens is 1. The van der Waals surface area contributed by atoms with Crippen molar-refractivity contribution in [1.82, 2.24) is 25.1 Å². The van der Waals surface area contributed by atoms with Gasteiger partial charge in [-0.1, -0.05) is 11.6 Å². The maximum Gasteiger partial charge on any atom is 0.316 e. The van der Waals surface area contributed by atoms with Gasteiger partial charge in [-0.15, -0.1) is 0 Å². The lowest BCUT2D eigenvalue weighted by molar-refractivity contribution is 0.102. The molecule has 0 aliphatic carbocycles. The van der Waals surface area contributed by atoms with Gasteiger partial charge in [-0.3, -0.25) is 9.48 Å². The molecule has 10 heteroatoms. The Balaban J connectivity index is 1.54. The molecule has 4 aromatic rings. The van der Waals surface area contributed by atoms with Crippen LogP contribution >= 0.6 is 11.6 Å². The number of aromatic nitrogens is 4. The zero-order valence-electron chi connectivity index (χ0n) is 19.5. The fourth-order valence-electron chi connectivity index (χ4n) is 4.65. The smallest absolute Gasteiger partial charge is 0.316 e. The fourth-order valence-corrected chi connectivity index (χ4v) is 4.92. The molecule has 2 aromatic carbocycles. The lowest BCUT2D eigenvalue weighted by Gasteiger charge is -2.38. The third-order valence-corrected chi connectivity index (χ3v) is 6.25. The number of hydrogen-bond acceptors (Lipinski definition) is 7. The second kappa shape index (κ2) is 8.73. The Morgan fingerprint density at radius 1 is 1.21 bits per heavy atom.